The lowest BCUT2D eigenvalue weighted by molar-refractivity contribution is 0.583. The highest BCUT2D eigenvalue weighted by Gasteiger charge is 2.18. The van der Waals surface area contributed by atoms with Crippen LogP contribution in [-0.2, 0) is 16.6 Å². The van der Waals surface area contributed by atoms with Gasteiger partial charge >= 0.3 is 0 Å². The molecule has 2 N–H and O–H groups in total. The van der Waals surface area contributed by atoms with Crippen molar-refractivity contribution < 1.29 is 8.42 Å². The van der Waals surface area contributed by atoms with Crippen LogP contribution in [0.4, 0.5) is 0 Å². The van der Waals surface area contributed by atoms with E-state index in [4.69, 9.17) is 0 Å². The van der Waals surface area contributed by atoms with Gasteiger partial charge in [0.15, 0.2) is 0 Å². The van der Waals surface area contributed by atoms with E-state index in [0.29, 0.717) is 18.0 Å². The van der Waals surface area contributed by atoms with Gasteiger partial charge in [-0.3, -0.25) is 0 Å². The monoisotopic (exact) mass is 320 g/mol. The Morgan fingerprint density at radius 2 is 2.00 bits per heavy atom. The highest BCUT2D eigenvalue weighted by Crippen LogP contribution is 2.25. The summed E-state index contributed by atoms with van der Waals surface area (Å²) in [7, 11) is -1.59. The molecule has 0 spiro atoms. The Balaban J connectivity index is 3.32. The first-order valence-electron chi connectivity index (χ1n) is 5.35. The number of rotatable bonds is 5. The van der Waals surface area contributed by atoms with Crippen molar-refractivity contribution in [1.29, 1.82) is 0 Å². The van der Waals surface area contributed by atoms with Crippen LogP contribution >= 0.6 is 15.9 Å². The lowest BCUT2D eigenvalue weighted by atomic mass is 10.1. The zero-order valence-corrected chi connectivity index (χ0v) is 12.6. The van der Waals surface area contributed by atoms with Gasteiger partial charge in [-0.15, -0.1) is 0 Å². The van der Waals surface area contributed by atoms with Crippen molar-refractivity contribution in [2.45, 2.75) is 25.3 Å². The van der Waals surface area contributed by atoms with Crippen molar-refractivity contribution >= 4 is 26.0 Å². The Kier molecular flexibility index (Phi) is 5.12. The minimum Gasteiger partial charge on any atom is -0.316 e. The molecule has 0 saturated heterocycles. The molecule has 0 unspecified atom stereocenters. The van der Waals surface area contributed by atoms with Crippen molar-refractivity contribution in [3.05, 3.63) is 27.7 Å². The van der Waals surface area contributed by atoms with E-state index in [9.17, 15) is 8.42 Å². The second kappa shape index (κ2) is 5.95. The van der Waals surface area contributed by atoms with Gasteiger partial charge in [0.05, 0.1) is 4.90 Å². The van der Waals surface area contributed by atoms with E-state index >= 15 is 0 Å². The second-order valence-electron chi connectivity index (χ2n) is 3.73. The summed E-state index contributed by atoms with van der Waals surface area (Å²) >= 11 is 3.39. The maximum Gasteiger partial charge on any atom is 0.240 e. The van der Waals surface area contributed by atoms with Crippen LogP contribution in [0.25, 0.3) is 0 Å². The summed E-state index contributed by atoms with van der Waals surface area (Å²) in [5, 5.41) is 3.01. The minimum atomic E-state index is -3.41. The lowest BCUT2D eigenvalue weighted by Crippen LogP contribution is -2.24. The van der Waals surface area contributed by atoms with Crippen molar-refractivity contribution in [3.8, 4) is 0 Å². The fourth-order valence-corrected chi connectivity index (χ4v) is 3.55. The van der Waals surface area contributed by atoms with Crippen molar-refractivity contribution in [3.63, 3.8) is 0 Å². The molecular formula is C11H17BrN2O2S. The smallest absolute Gasteiger partial charge is 0.240 e. The van der Waals surface area contributed by atoms with Crippen LogP contribution in [0.1, 0.15) is 18.1 Å². The number of hydrogen-bond acceptors (Lipinski definition) is 3. The highest BCUT2D eigenvalue weighted by atomic mass is 79.9. The van der Waals surface area contributed by atoms with Gasteiger partial charge in [0.25, 0.3) is 0 Å². The van der Waals surface area contributed by atoms with Crippen molar-refractivity contribution in [1.82, 2.24) is 10.0 Å². The maximum absolute atomic E-state index is 12.0. The van der Waals surface area contributed by atoms with Gasteiger partial charge in [-0.1, -0.05) is 22.9 Å². The third-order valence-corrected chi connectivity index (χ3v) is 4.86. The molecule has 4 nitrogen and oxygen atoms in total. The van der Waals surface area contributed by atoms with E-state index in [2.05, 4.69) is 26.0 Å². The number of hydrogen-bond donors (Lipinski definition) is 2. The summed E-state index contributed by atoms with van der Waals surface area (Å²) in [4.78, 5) is 0.332. The van der Waals surface area contributed by atoms with E-state index in [-0.39, 0.29) is 0 Å². The molecule has 0 aliphatic rings. The van der Waals surface area contributed by atoms with Crippen LogP contribution < -0.4 is 10.0 Å². The van der Waals surface area contributed by atoms with Gasteiger partial charge in [-0.05, 0) is 37.2 Å². The molecule has 0 amide bonds. The molecule has 96 valence electrons. The SMILES string of the molecule is CCNS(=O)(=O)c1cc(CNC)cc(Br)c1C. The molecule has 17 heavy (non-hydrogen) atoms. The Morgan fingerprint density at radius 1 is 1.35 bits per heavy atom. The van der Waals surface area contributed by atoms with Crippen LogP contribution in [-0.4, -0.2) is 22.0 Å². The normalized spacial score (nSPS) is 11.8. The molecule has 6 heteroatoms. The van der Waals surface area contributed by atoms with Crippen LogP contribution in [0.15, 0.2) is 21.5 Å². The van der Waals surface area contributed by atoms with E-state index in [1.807, 2.05) is 13.1 Å². The van der Waals surface area contributed by atoms with E-state index in [1.165, 1.54) is 0 Å². The predicted molar refractivity (Wildman–Crippen MR) is 72.5 cm³/mol. The first kappa shape index (κ1) is 14.6. The quantitative estimate of drug-likeness (QED) is 0.869. The summed E-state index contributed by atoms with van der Waals surface area (Å²) in [5.41, 5.74) is 1.66. The molecule has 0 aliphatic heterocycles. The first-order valence-corrected chi connectivity index (χ1v) is 7.63. The van der Waals surface area contributed by atoms with Gasteiger partial charge in [0.1, 0.15) is 0 Å². The number of nitrogens with one attached hydrogen (secondary N) is 2. The lowest BCUT2D eigenvalue weighted by Gasteiger charge is -2.12. The number of benzene rings is 1. The maximum atomic E-state index is 12.0. The number of halogens is 1. The number of sulfonamides is 1. The third kappa shape index (κ3) is 3.51. The van der Waals surface area contributed by atoms with Crippen LogP contribution in [0.2, 0.25) is 0 Å². The Bertz CT molecular complexity index is 500. The molecular weight excluding hydrogens is 304 g/mol. The summed E-state index contributed by atoms with van der Waals surface area (Å²) in [6.45, 7) is 4.57. The average Bonchev–Trinajstić information content (AvgIpc) is 2.23. The Labute approximate surface area is 111 Å². The van der Waals surface area contributed by atoms with Crippen LogP contribution in [0.5, 0.6) is 0 Å². The van der Waals surface area contributed by atoms with E-state index in [0.717, 1.165) is 15.6 Å². The molecule has 0 radical (unpaired) electrons. The molecule has 0 bridgehead atoms. The molecule has 0 aromatic heterocycles. The van der Waals surface area contributed by atoms with Crippen LogP contribution in [0, 0.1) is 6.92 Å². The molecule has 0 fully saturated rings. The molecule has 0 atom stereocenters. The summed E-state index contributed by atoms with van der Waals surface area (Å²) in [6.07, 6.45) is 0. The van der Waals surface area contributed by atoms with Crippen molar-refractivity contribution in [2.75, 3.05) is 13.6 Å². The molecule has 0 aliphatic carbocycles. The van der Waals surface area contributed by atoms with Crippen LogP contribution in [0.3, 0.4) is 0 Å². The molecule has 1 aromatic carbocycles. The van der Waals surface area contributed by atoms with Gasteiger partial charge in [0.2, 0.25) is 10.0 Å². The van der Waals surface area contributed by atoms with E-state index < -0.39 is 10.0 Å². The summed E-state index contributed by atoms with van der Waals surface area (Å²) in [6, 6.07) is 3.63. The van der Waals surface area contributed by atoms with E-state index in [1.54, 1.807) is 19.9 Å². The standard InChI is InChI=1S/C11H17BrN2O2S/c1-4-14-17(15,16)11-6-9(7-13-3)5-10(12)8(11)2/h5-6,13-14H,4,7H2,1-3H3. The third-order valence-electron chi connectivity index (χ3n) is 2.36. The fraction of sp³-hybridized carbons (Fsp3) is 0.455. The highest BCUT2D eigenvalue weighted by molar-refractivity contribution is 9.10. The van der Waals surface area contributed by atoms with Crippen molar-refractivity contribution in [2.24, 2.45) is 0 Å². The Morgan fingerprint density at radius 3 is 2.53 bits per heavy atom. The molecule has 1 rings (SSSR count). The topological polar surface area (TPSA) is 58.2 Å². The second-order valence-corrected chi connectivity index (χ2v) is 6.32. The minimum absolute atomic E-state index is 0.332. The first-order chi connectivity index (χ1) is 7.92. The molecule has 1 aromatic rings. The summed E-state index contributed by atoms with van der Waals surface area (Å²) in [5.74, 6) is 0. The zero-order chi connectivity index (χ0) is 13.1. The fourth-order valence-electron chi connectivity index (χ4n) is 1.56. The van der Waals surface area contributed by atoms with Gasteiger partial charge < -0.3 is 5.32 Å². The largest absolute Gasteiger partial charge is 0.316 e. The van der Waals surface area contributed by atoms with Gasteiger partial charge in [0, 0.05) is 17.6 Å². The van der Waals surface area contributed by atoms with Gasteiger partial charge in [-0.2, -0.15) is 0 Å². The Hall–Kier alpha value is -0.430. The summed E-state index contributed by atoms with van der Waals surface area (Å²) < 4.78 is 27.3. The molecule has 0 heterocycles. The molecule has 0 saturated carbocycles. The average molecular weight is 321 g/mol. The zero-order valence-electron chi connectivity index (χ0n) is 10.2. The predicted octanol–water partition coefficient (Wildman–Crippen LogP) is 1.78. The van der Waals surface area contributed by atoms with Gasteiger partial charge in [-0.25, -0.2) is 13.1 Å².